The summed E-state index contributed by atoms with van der Waals surface area (Å²) in [5, 5.41) is 3.45. The highest BCUT2D eigenvalue weighted by molar-refractivity contribution is 7.92. The first kappa shape index (κ1) is 30.4. The third-order valence-electron chi connectivity index (χ3n) is 6.00. The fourth-order valence-corrected chi connectivity index (χ4v) is 5.71. The Labute approximate surface area is 238 Å². The molecule has 0 saturated heterocycles. The van der Waals surface area contributed by atoms with Crippen LogP contribution in [0.4, 0.5) is 10.1 Å². The Bertz CT molecular complexity index is 1390. The molecule has 0 saturated carbocycles. The number of carbonyl (C=O) groups is 2. The molecule has 11 heteroatoms. The molecule has 7 nitrogen and oxygen atoms in total. The largest absolute Gasteiger partial charge is 0.354 e. The van der Waals surface area contributed by atoms with Crippen molar-refractivity contribution >= 4 is 50.7 Å². The van der Waals surface area contributed by atoms with Crippen LogP contribution in [-0.2, 0) is 26.2 Å². The van der Waals surface area contributed by atoms with E-state index in [-0.39, 0.29) is 28.1 Å². The van der Waals surface area contributed by atoms with Crippen LogP contribution in [0.3, 0.4) is 0 Å². The SMILES string of the molecule is CCCNC(=O)[C@H](CC)N(Cc1ccc(Cl)c(Cl)c1)C(=O)CN(c1ccccc1)S(=O)(=O)c1ccc(F)cc1. The van der Waals surface area contributed by atoms with Gasteiger partial charge in [-0.3, -0.25) is 13.9 Å². The Morgan fingerprint density at radius 1 is 0.949 bits per heavy atom. The number of nitrogens with zero attached hydrogens (tertiary/aromatic N) is 2. The molecular formula is C28H30Cl2FN3O4S. The van der Waals surface area contributed by atoms with Crippen LogP contribution >= 0.6 is 23.2 Å². The Hall–Kier alpha value is -3.14. The summed E-state index contributed by atoms with van der Waals surface area (Å²) in [5.74, 6) is -1.54. The quantitative estimate of drug-likeness (QED) is 0.293. The van der Waals surface area contributed by atoms with Gasteiger partial charge in [-0.15, -0.1) is 0 Å². The molecular weight excluding hydrogens is 564 g/mol. The molecule has 0 bridgehead atoms. The fourth-order valence-electron chi connectivity index (χ4n) is 3.98. The van der Waals surface area contributed by atoms with Gasteiger partial charge in [-0.25, -0.2) is 12.8 Å². The van der Waals surface area contributed by atoms with Gasteiger partial charge in [0.05, 0.1) is 20.6 Å². The first-order chi connectivity index (χ1) is 18.6. The molecule has 0 spiro atoms. The molecule has 0 aliphatic heterocycles. The lowest BCUT2D eigenvalue weighted by Crippen LogP contribution is -2.52. The van der Waals surface area contributed by atoms with Crippen molar-refractivity contribution in [3.63, 3.8) is 0 Å². The van der Waals surface area contributed by atoms with E-state index in [0.717, 1.165) is 28.6 Å². The number of nitrogens with one attached hydrogen (secondary N) is 1. The van der Waals surface area contributed by atoms with Crippen LogP contribution in [-0.4, -0.2) is 44.3 Å². The molecule has 0 aromatic heterocycles. The zero-order valence-electron chi connectivity index (χ0n) is 21.6. The number of rotatable bonds is 12. The monoisotopic (exact) mass is 593 g/mol. The van der Waals surface area contributed by atoms with Crippen molar-refractivity contribution in [2.24, 2.45) is 0 Å². The van der Waals surface area contributed by atoms with Crippen molar-refractivity contribution in [1.82, 2.24) is 10.2 Å². The van der Waals surface area contributed by atoms with E-state index in [1.165, 1.54) is 4.90 Å². The van der Waals surface area contributed by atoms with Gasteiger partial charge in [0.1, 0.15) is 18.4 Å². The Balaban J connectivity index is 2.04. The first-order valence-electron chi connectivity index (χ1n) is 12.4. The molecule has 0 fully saturated rings. The predicted octanol–water partition coefficient (Wildman–Crippen LogP) is 5.66. The van der Waals surface area contributed by atoms with Gasteiger partial charge < -0.3 is 10.2 Å². The third kappa shape index (κ3) is 7.71. The Kier molecular flexibility index (Phi) is 10.7. The minimum Gasteiger partial charge on any atom is -0.354 e. The average molecular weight is 595 g/mol. The molecule has 208 valence electrons. The molecule has 1 atom stereocenters. The Morgan fingerprint density at radius 2 is 1.62 bits per heavy atom. The predicted molar refractivity (Wildman–Crippen MR) is 152 cm³/mol. The molecule has 3 aromatic carbocycles. The number of carbonyl (C=O) groups excluding carboxylic acids is 2. The van der Waals surface area contributed by atoms with Crippen LogP contribution in [0.1, 0.15) is 32.3 Å². The first-order valence-corrected chi connectivity index (χ1v) is 14.6. The van der Waals surface area contributed by atoms with Crippen molar-refractivity contribution in [3.05, 3.63) is 94.2 Å². The second kappa shape index (κ2) is 13.8. The molecule has 3 rings (SSSR count). The van der Waals surface area contributed by atoms with Crippen molar-refractivity contribution in [3.8, 4) is 0 Å². The van der Waals surface area contributed by atoms with E-state index in [4.69, 9.17) is 23.2 Å². The average Bonchev–Trinajstić information content (AvgIpc) is 2.92. The van der Waals surface area contributed by atoms with Gasteiger partial charge in [-0.2, -0.15) is 0 Å². The van der Waals surface area contributed by atoms with Gasteiger partial charge in [0.25, 0.3) is 10.0 Å². The molecule has 2 amide bonds. The lowest BCUT2D eigenvalue weighted by Gasteiger charge is -2.33. The molecule has 0 aliphatic carbocycles. The molecule has 0 aliphatic rings. The van der Waals surface area contributed by atoms with Gasteiger partial charge in [-0.1, -0.05) is 61.3 Å². The number of anilines is 1. The normalized spacial score (nSPS) is 12.0. The Morgan fingerprint density at radius 3 is 2.21 bits per heavy atom. The molecule has 39 heavy (non-hydrogen) atoms. The van der Waals surface area contributed by atoms with E-state index < -0.39 is 34.3 Å². The number of sulfonamides is 1. The van der Waals surface area contributed by atoms with Crippen LogP contribution < -0.4 is 9.62 Å². The lowest BCUT2D eigenvalue weighted by molar-refractivity contribution is -0.140. The van der Waals surface area contributed by atoms with Crippen molar-refractivity contribution in [2.45, 2.75) is 44.2 Å². The number of benzene rings is 3. The van der Waals surface area contributed by atoms with Gasteiger partial charge in [0, 0.05) is 13.1 Å². The van der Waals surface area contributed by atoms with Crippen molar-refractivity contribution in [2.75, 3.05) is 17.4 Å². The van der Waals surface area contributed by atoms with Crippen LogP contribution in [0.2, 0.25) is 10.0 Å². The molecule has 1 N–H and O–H groups in total. The minimum atomic E-state index is -4.27. The van der Waals surface area contributed by atoms with Gasteiger partial charge in [0.15, 0.2) is 0 Å². The summed E-state index contributed by atoms with van der Waals surface area (Å²) in [5.41, 5.74) is 0.861. The van der Waals surface area contributed by atoms with Gasteiger partial charge in [-0.05, 0) is 66.9 Å². The minimum absolute atomic E-state index is 0.00695. The van der Waals surface area contributed by atoms with E-state index in [9.17, 15) is 22.4 Å². The lowest BCUT2D eigenvalue weighted by atomic mass is 10.1. The van der Waals surface area contributed by atoms with Crippen LogP contribution in [0.15, 0.2) is 77.7 Å². The molecule has 0 unspecified atom stereocenters. The summed E-state index contributed by atoms with van der Waals surface area (Å²) in [6, 6.07) is 16.5. The molecule has 0 heterocycles. The second-order valence-electron chi connectivity index (χ2n) is 8.79. The number of halogens is 3. The summed E-state index contributed by atoms with van der Waals surface area (Å²) >= 11 is 12.3. The highest BCUT2D eigenvalue weighted by Crippen LogP contribution is 2.26. The van der Waals surface area contributed by atoms with E-state index in [1.54, 1.807) is 55.5 Å². The third-order valence-corrected chi connectivity index (χ3v) is 8.52. The highest BCUT2D eigenvalue weighted by Gasteiger charge is 2.33. The number of para-hydroxylation sites is 1. The number of hydrogen-bond donors (Lipinski definition) is 1. The zero-order valence-corrected chi connectivity index (χ0v) is 23.9. The number of amides is 2. The van der Waals surface area contributed by atoms with E-state index in [0.29, 0.717) is 30.0 Å². The van der Waals surface area contributed by atoms with Crippen LogP contribution in [0, 0.1) is 5.82 Å². The van der Waals surface area contributed by atoms with E-state index >= 15 is 0 Å². The highest BCUT2D eigenvalue weighted by atomic mass is 35.5. The molecule has 0 radical (unpaired) electrons. The second-order valence-corrected chi connectivity index (χ2v) is 11.5. The van der Waals surface area contributed by atoms with Crippen molar-refractivity contribution in [1.29, 1.82) is 0 Å². The summed E-state index contributed by atoms with van der Waals surface area (Å²) in [7, 11) is -4.27. The van der Waals surface area contributed by atoms with E-state index in [1.807, 2.05) is 6.92 Å². The summed E-state index contributed by atoms with van der Waals surface area (Å²) < 4.78 is 41.9. The summed E-state index contributed by atoms with van der Waals surface area (Å²) in [4.78, 5) is 28.2. The maximum absolute atomic E-state index is 13.9. The standard InChI is InChI=1S/C28H30Cl2FN3O4S/c1-3-16-32-28(36)26(4-2)33(18-20-10-15-24(29)25(30)17-20)27(35)19-34(22-8-6-5-7-9-22)39(37,38)23-13-11-21(31)12-14-23/h5-15,17,26H,3-4,16,18-19H2,1-2H3,(H,32,36)/t26-/m0/s1. The topological polar surface area (TPSA) is 86.8 Å². The maximum Gasteiger partial charge on any atom is 0.264 e. The van der Waals surface area contributed by atoms with E-state index in [2.05, 4.69) is 5.32 Å². The summed E-state index contributed by atoms with van der Waals surface area (Å²) in [6.07, 6.45) is 0.999. The maximum atomic E-state index is 13.9. The van der Waals surface area contributed by atoms with Gasteiger partial charge in [0.2, 0.25) is 11.8 Å². The van der Waals surface area contributed by atoms with Crippen LogP contribution in [0.25, 0.3) is 0 Å². The fraction of sp³-hybridized carbons (Fsp3) is 0.286. The summed E-state index contributed by atoms with van der Waals surface area (Å²) in [6.45, 7) is 3.52. The van der Waals surface area contributed by atoms with Gasteiger partial charge >= 0.3 is 0 Å². The molecule has 3 aromatic rings. The number of hydrogen-bond acceptors (Lipinski definition) is 4. The smallest absolute Gasteiger partial charge is 0.264 e. The van der Waals surface area contributed by atoms with Crippen molar-refractivity contribution < 1.29 is 22.4 Å². The van der Waals surface area contributed by atoms with Crippen LogP contribution in [0.5, 0.6) is 0 Å². The zero-order chi connectivity index (χ0) is 28.6.